The van der Waals surface area contributed by atoms with E-state index in [2.05, 4.69) is 0 Å². The van der Waals surface area contributed by atoms with Gasteiger partial charge in [0.05, 0.1) is 26.9 Å². The highest BCUT2D eigenvalue weighted by Gasteiger charge is 2.03. The molecule has 1 aromatic carbocycles. The third-order valence-electron chi connectivity index (χ3n) is 2.85. The molecular weight excluding hydrogens is 258 g/mol. The number of hydrogen-bond acceptors (Lipinski definition) is 5. The van der Waals surface area contributed by atoms with Crippen LogP contribution in [0.2, 0.25) is 0 Å². The van der Waals surface area contributed by atoms with Crippen LogP contribution >= 0.6 is 0 Å². The summed E-state index contributed by atoms with van der Waals surface area (Å²) in [5.41, 5.74) is 7.70. The predicted octanol–water partition coefficient (Wildman–Crippen LogP) is 1.72. The van der Waals surface area contributed by atoms with Crippen molar-refractivity contribution in [3.63, 3.8) is 0 Å². The highest BCUT2D eigenvalue weighted by atomic mass is 16.5. The van der Waals surface area contributed by atoms with Crippen LogP contribution in [0, 0.1) is 0 Å². The molecule has 0 aliphatic heterocycles. The van der Waals surface area contributed by atoms with Crippen LogP contribution in [0.25, 0.3) is 0 Å². The standard InChI is InChI=1S/C15H25NO4/c1-17-6-3-7-19-8-9-20-12-13-4-5-14(11-16)15(10-13)18-2/h4-5,10H,3,6-9,11-12,16H2,1-2H3. The molecule has 1 rings (SSSR count). The van der Waals surface area contributed by atoms with Gasteiger partial charge >= 0.3 is 0 Å². The molecule has 0 radical (unpaired) electrons. The largest absolute Gasteiger partial charge is 0.496 e. The highest BCUT2D eigenvalue weighted by Crippen LogP contribution is 2.20. The lowest BCUT2D eigenvalue weighted by Gasteiger charge is -2.10. The summed E-state index contributed by atoms with van der Waals surface area (Å²) >= 11 is 0. The lowest BCUT2D eigenvalue weighted by molar-refractivity contribution is 0.0336. The Balaban J connectivity index is 2.18. The van der Waals surface area contributed by atoms with Crippen LogP contribution in [0.15, 0.2) is 18.2 Å². The fourth-order valence-corrected chi connectivity index (χ4v) is 1.76. The van der Waals surface area contributed by atoms with Gasteiger partial charge < -0.3 is 24.7 Å². The van der Waals surface area contributed by atoms with Gasteiger partial charge in [-0.25, -0.2) is 0 Å². The molecule has 0 spiro atoms. The third kappa shape index (κ3) is 6.34. The van der Waals surface area contributed by atoms with Crippen LogP contribution in [0.4, 0.5) is 0 Å². The second-order valence-electron chi connectivity index (χ2n) is 4.36. The smallest absolute Gasteiger partial charge is 0.123 e. The van der Waals surface area contributed by atoms with Crippen LogP contribution < -0.4 is 10.5 Å². The van der Waals surface area contributed by atoms with E-state index in [1.54, 1.807) is 14.2 Å². The Morgan fingerprint density at radius 3 is 2.50 bits per heavy atom. The van der Waals surface area contributed by atoms with Crippen molar-refractivity contribution in [2.24, 2.45) is 5.73 Å². The summed E-state index contributed by atoms with van der Waals surface area (Å²) in [6.07, 6.45) is 0.911. The third-order valence-corrected chi connectivity index (χ3v) is 2.85. The Kier molecular flexibility index (Phi) is 8.98. The molecular formula is C15H25NO4. The van der Waals surface area contributed by atoms with Gasteiger partial charge in [0.25, 0.3) is 0 Å². The first-order valence-electron chi connectivity index (χ1n) is 6.82. The van der Waals surface area contributed by atoms with Crippen molar-refractivity contribution < 1.29 is 18.9 Å². The minimum absolute atomic E-state index is 0.472. The second kappa shape index (κ2) is 10.6. The average molecular weight is 283 g/mol. The van der Waals surface area contributed by atoms with Crippen molar-refractivity contribution in [3.8, 4) is 5.75 Å². The zero-order valence-corrected chi connectivity index (χ0v) is 12.4. The normalized spacial score (nSPS) is 10.8. The van der Waals surface area contributed by atoms with Gasteiger partial charge in [-0.1, -0.05) is 12.1 Å². The van der Waals surface area contributed by atoms with E-state index in [1.807, 2.05) is 18.2 Å². The first-order chi connectivity index (χ1) is 9.81. The summed E-state index contributed by atoms with van der Waals surface area (Å²) in [5.74, 6) is 0.810. The van der Waals surface area contributed by atoms with Gasteiger partial charge in [-0.15, -0.1) is 0 Å². The summed E-state index contributed by atoms with van der Waals surface area (Å²) < 4.78 is 21.2. The predicted molar refractivity (Wildman–Crippen MR) is 77.9 cm³/mol. The molecule has 0 fully saturated rings. The summed E-state index contributed by atoms with van der Waals surface area (Å²) in [4.78, 5) is 0. The Morgan fingerprint density at radius 2 is 1.80 bits per heavy atom. The molecule has 5 nitrogen and oxygen atoms in total. The molecule has 0 aliphatic rings. The van der Waals surface area contributed by atoms with Crippen molar-refractivity contribution in [3.05, 3.63) is 29.3 Å². The molecule has 114 valence electrons. The van der Waals surface area contributed by atoms with E-state index in [9.17, 15) is 0 Å². The van der Waals surface area contributed by atoms with Crippen LogP contribution in [-0.2, 0) is 27.4 Å². The average Bonchev–Trinajstić information content (AvgIpc) is 2.49. The maximum absolute atomic E-state index is 5.63. The van der Waals surface area contributed by atoms with Gasteiger partial charge in [0.1, 0.15) is 5.75 Å². The molecule has 0 bridgehead atoms. The van der Waals surface area contributed by atoms with E-state index < -0.39 is 0 Å². The van der Waals surface area contributed by atoms with Gasteiger partial charge in [-0.05, 0) is 18.1 Å². The number of ether oxygens (including phenoxy) is 4. The number of benzene rings is 1. The molecule has 0 aromatic heterocycles. The molecule has 0 amide bonds. The number of hydrogen-bond donors (Lipinski definition) is 1. The SMILES string of the molecule is COCCCOCCOCc1ccc(CN)c(OC)c1. The maximum atomic E-state index is 5.63. The minimum Gasteiger partial charge on any atom is -0.496 e. The Hall–Kier alpha value is -1.14. The zero-order valence-electron chi connectivity index (χ0n) is 12.4. The summed E-state index contributed by atoms with van der Waals surface area (Å²) in [5, 5.41) is 0. The van der Waals surface area contributed by atoms with Crippen molar-refractivity contribution >= 4 is 0 Å². The Bertz CT molecular complexity index is 371. The molecule has 0 unspecified atom stereocenters. The van der Waals surface area contributed by atoms with Crippen molar-refractivity contribution in [1.82, 2.24) is 0 Å². The van der Waals surface area contributed by atoms with E-state index in [0.717, 1.165) is 29.9 Å². The fraction of sp³-hybridized carbons (Fsp3) is 0.600. The van der Waals surface area contributed by atoms with E-state index in [-0.39, 0.29) is 0 Å². The Labute approximate surface area is 121 Å². The first kappa shape index (κ1) is 16.9. The molecule has 0 saturated carbocycles. The molecule has 0 atom stereocenters. The summed E-state index contributed by atoms with van der Waals surface area (Å²) in [7, 11) is 3.33. The maximum Gasteiger partial charge on any atom is 0.123 e. The first-order valence-corrected chi connectivity index (χ1v) is 6.82. The van der Waals surface area contributed by atoms with Gasteiger partial charge in [-0.3, -0.25) is 0 Å². The van der Waals surface area contributed by atoms with Crippen LogP contribution in [0.5, 0.6) is 5.75 Å². The molecule has 0 aliphatic carbocycles. The second-order valence-corrected chi connectivity index (χ2v) is 4.36. The molecule has 0 heterocycles. The van der Waals surface area contributed by atoms with Crippen molar-refractivity contribution in [2.45, 2.75) is 19.6 Å². The topological polar surface area (TPSA) is 62.9 Å². The Morgan fingerprint density at radius 1 is 1.00 bits per heavy atom. The van der Waals surface area contributed by atoms with Gasteiger partial charge in [0.2, 0.25) is 0 Å². The lowest BCUT2D eigenvalue weighted by Crippen LogP contribution is -2.07. The monoisotopic (exact) mass is 283 g/mol. The number of methoxy groups -OCH3 is 2. The minimum atomic E-state index is 0.472. The van der Waals surface area contributed by atoms with Gasteiger partial charge in [0, 0.05) is 32.4 Å². The highest BCUT2D eigenvalue weighted by molar-refractivity contribution is 5.37. The zero-order chi connectivity index (χ0) is 14.6. The van der Waals surface area contributed by atoms with Crippen molar-refractivity contribution in [1.29, 1.82) is 0 Å². The number of nitrogens with two attached hydrogens (primary N) is 1. The van der Waals surface area contributed by atoms with Crippen molar-refractivity contribution in [2.75, 3.05) is 40.6 Å². The van der Waals surface area contributed by atoms with E-state index in [4.69, 9.17) is 24.7 Å². The molecule has 2 N–H and O–H groups in total. The fourth-order valence-electron chi connectivity index (χ4n) is 1.76. The summed E-state index contributed by atoms with van der Waals surface area (Å²) in [6, 6.07) is 5.94. The molecule has 5 heteroatoms. The van der Waals surface area contributed by atoms with Crippen LogP contribution in [-0.4, -0.2) is 40.6 Å². The van der Waals surface area contributed by atoms with E-state index in [1.165, 1.54) is 0 Å². The van der Waals surface area contributed by atoms with Crippen LogP contribution in [0.1, 0.15) is 17.5 Å². The number of rotatable bonds is 11. The molecule has 20 heavy (non-hydrogen) atoms. The van der Waals surface area contributed by atoms with E-state index >= 15 is 0 Å². The molecule has 0 saturated heterocycles. The van der Waals surface area contributed by atoms with E-state index in [0.29, 0.717) is 33.0 Å². The van der Waals surface area contributed by atoms with Crippen LogP contribution in [0.3, 0.4) is 0 Å². The molecule has 1 aromatic rings. The lowest BCUT2D eigenvalue weighted by atomic mass is 10.1. The quantitative estimate of drug-likeness (QED) is 0.627. The summed E-state index contributed by atoms with van der Waals surface area (Å²) in [6.45, 7) is 3.63. The van der Waals surface area contributed by atoms with Gasteiger partial charge in [0.15, 0.2) is 0 Å². The van der Waals surface area contributed by atoms with Gasteiger partial charge in [-0.2, -0.15) is 0 Å².